The van der Waals surface area contributed by atoms with Crippen molar-refractivity contribution in [2.45, 2.75) is 6.54 Å². The normalized spacial score (nSPS) is 10.5. The van der Waals surface area contributed by atoms with E-state index in [4.69, 9.17) is 12.2 Å². The first-order valence-electron chi connectivity index (χ1n) is 4.80. The lowest BCUT2D eigenvalue weighted by molar-refractivity contribution is 0.574. The molecule has 0 aliphatic heterocycles. The Kier molecular flexibility index (Phi) is 3.14. The van der Waals surface area contributed by atoms with Crippen LogP contribution in [0.2, 0.25) is 0 Å². The molecule has 6 heteroatoms. The van der Waals surface area contributed by atoms with E-state index < -0.39 is 11.6 Å². The highest BCUT2D eigenvalue weighted by molar-refractivity contribution is 7.71. The molecule has 1 aromatic carbocycles. The molecule has 0 aliphatic carbocycles. The van der Waals surface area contributed by atoms with E-state index in [9.17, 15) is 13.6 Å². The molecule has 0 amide bonds. The number of hydrogen-bond acceptors (Lipinski definition) is 2. The van der Waals surface area contributed by atoms with Gasteiger partial charge in [-0.25, -0.2) is 8.78 Å². The lowest BCUT2D eigenvalue weighted by Crippen LogP contribution is -2.12. The van der Waals surface area contributed by atoms with E-state index in [1.807, 2.05) is 0 Å². The maximum atomic E-state index is 13.4. The average Bonchev–Trinajstić information content (AvgIpc) is 2.27. The van der Waals surface area contributed by atoms with Gasteiger partial charge in [0.15, 0.2) is 4.77 Å². The van der Waals surface area contributed by atoms with Crippen LogP contribution in [-0.4, -0.2) is 9.55 Å². The van der Waals surface area contributed by atoms with Gasteiger partial charge in [-0.2, -0.15) is 0 Å². The van der Waals surface area contributed by atoms with Gasteiger partial charge in [-0.15, -0.1) is 0 Å². The van der Waals surface area contributed by atoms with E-state index >= 15 is 0 Å². The van der Waals surface area contributed by atoms with Crippen molar-refractivity contribution in [2.24, 2.45) is 0 Å². The van der Waals surface area contributed by atoms with Gasteiger partial charge in [-0.3, -0.25) is 9.78 Å². The van der Waals surface area contributed by atoms with Crippen LogP contribution in [0.25, 0.3) is 0 Å². The Morgan fingerprint density at radius 1 is 1.29 bits per heavy atom. The molecule has 0 radical (unpaired) electrons. The van der Waals surface area contributed by atoms with Crippen molar-refractivity contribution in [1.82, 2.24) is 9.55 Å². The minimum Gasteiger partial charge on any atom is -0.321 e. The Hall–Kier alpha value is -1.82. The van der Waals surface area contributed by atoms with Crippen molar-refractivity contribution in [3.05, 3.63) is 62.8 Å². The van der Waals surface area contributed by atoms with Crippen LogP contribution in [0, 0.1) is 16.4 Å². The summed E-state index contributed by atoms with van der Waals surface area (Å²) < 4.78 is 28.0. The smallest absolute Gasteiger partial charge is 0.251 e. The van der Waals surface area contributed by atoms with Gasteiger partial charge in [-0.05, 0) is 30.4 Å². The van der Waals surface area contributed by atoms with Crippen LogP contribution in [0.3, 0.4) is 0 Å². The van der Waals surface area contributed by atoms with Crippen LogP contribution in [0.5, 0.6) is 0 Å². The van der Waals surface area contributed by atoms with E-state index in [0.29, 0.717) is 0 Å². The highest BCUT2D eigenvalue weighted by Gasteiger charge is 2.04. The summed E-state index contributed by atoms with van der Waals surface area (Å²) >= 11 is 4.91. The number of rotatable bonds is 2. The number of nitrogens with zero attached hydrogens (tertiary/aromatic N) is 1. The molecule has 0 spiro atoms. The van der Waals surface area contributed by atoms with Gasteiger partial charge >= 0.3 is 0 Å². The van der Waals surface area contributed by atoms with Crippen molar-refractivity contribution in [1.29, 1.82) is 0 Å². The van der Waals surface area contributed by atoms with Gasteiger partial charge in [0, 0.05) is 17.8 Å². The SMILES string of the molecule is O=c1ccn(Cc2cc(F)ccc2F)c(=S)[nH]1. The minimum absolute atomic E-state index is 0.0687. The fourth-order valence-corrected chi connectivity index (χ4v) is 1.64. The number of halogens is 2. The first kappa shape index (κ1) is 11.7. The summed E-state index contributed by atoms with van der Waals surface area (Å²) in [6.07, 6.45) is 1.44. The molecule has 0 saturated carbocycles. The number of aromatic amines is 1. The third-order valence-corrected chi connectivity index (χ3v) is 2.58. The van der Waals surface area contributed by atoms with E-state index in [2.05, 4.69) is 4.98 Å². The lowest BCUT2D eigenvalue weighted by Gasteiger charge is -2.07. The zero-order chi connectivity index (χ0) is 12.4. The number of H-pyrrole nitrogens is 1. The molecule has 2 rings (SSSR count). The first-order valence-corrected chi connectivity index (χ1v) is 5.21. The predicted molar refractivity (Wildman–Crippen MR) is 61.3 cm³/mol. The molecular formula is C11H8F2N2OS. The zero-order valence-electron chi connectivity index (χ0n) is 8.61. The Bertz CT molecular complexity index is 663. The van der Waals surface area contributed by atoms with Crippen molar-refractivity contribution in [3.8, 4) is 0 Å². The largest absolute Gasteiger partial charge is 0.321 e. The average molecular weight is 254 g/mol. The maximum absolute atomic E-state index is 13.4. The Morgan fingerprint density at radius 2 is 2.06 bits per heavy atom. The van der Waals surface area contributed by atoms with E-state index in [1.54, 1.807) is 0 Å². The van der Waals surface area contributed by atoms with Crippen molar-refractivity contribution < 1.29 is 8.78 Å². The third-order valence-electron chi connectivity index (χ3n) is 2.25. The van der Waals surface area contributed by atoms with E-state index in [0.717, 1.165) is 18.2 Å². The fourth-order valence-electron chi connectivity index (χ4n) is 1.42. The van der Waals surface area contributed by atoms with E-state index in [1.165, 1.54) is 16.8 Å². The van der Waals surface area contributed by atoms with Crippen LogP contribution >= 0.6 is 12.2 Å². The number of benzene rings is 1. The van der Waals surface area contributed by atoms with Crippen molar-refractivity contribution in [3.63, 3.8) is 0 Å². The Labute approximate surface area is 100 Å². The van der Waals surface area contributed by atoms with Crippen LogP contribution in [0.4, 0.5) is 8.78 Å². The van der Waals surface area contributed by atoms with Crippen LogP contribution in [0.1, 0.15) is 5.56 Å². The number of hydrogen-bond donors (Lipinski definition) is 1. The molecule has 1 N–H and O–H groups in total. The molecule has 0 saturated heterocycles. The summed E-state index contributed by atoms with van der Waals surface area (Å²) in [4.78, 5) is 13.3. The Morgan fingerprint density at radius 3 is 2.76 bits per heavy atom. The van der Waals surface area contributed by atoms with Gasteiger partial charge in [0.2, 0.25) is 0 Å². The zero-order valence-corrected chi connectivity index (χ0v) is 9.43. The number of nitrogens with one attached hydrogen (secondary N) is 1. The summed E-state index contributed by atoms with van der Waals surface area (Å²) in [6, 6.07) is 4.47. The second kappa shape index (κ2) is 4.58. The van der Waals surface area contributed by atoms with Crippen molar-refractivity contribution >= 4 is 12.2 Å². The Balaban J connectivity index is 2.41. The monoisotopic (exact) mass is 254 g/mol. The molecule has 0 atom stereocenters. The first-order chi connectivity index (χ1) is 8.06. The summed E-state index contributed by atoms with van der Waals surface area (Å²) in [5.41, 5.74) is -0.154. The van der Waals surface area contributed by atoms with Gasteiger partial charge in [-0.1, -0.05) is 0 Å². The van der Waals surface area contributed by atoms with Crippen LogP contribution < -0.4 is 5.56 Å². The second-order valence-corrected chi connectivity index (χ2v) is 3.86. The lowest BCUT2D eigenvalue weighted by atomic mass is 10.2. The predicted octanol–water partition coefficient (Wildman–Crippen LogP) is 2.23. The molecule has 0 aliphatic rings. The molecule has 3 nitrogen and oxygen atoms in total. The molecule has 0 fully saturated rings. The standard InChI is InChI=1S/C11H8F2N2OS/c12-8-1-2-9(13)7(5-8)6-15-4-3-10(16)14-11(15)17/h1-5H,6H2,(H,14,16,17). The molecule has 1 aromatic heterocycles. The topological polar surface area (TPSA) is 37.8 Å². The van der Waals surface area contributed by atoms with Crippen LogP contribution in [-0.2, 0) is 6.54 Å². The number of aromatic nitrogens is 2. The summed E-state index contributed by atoms with van der Waals surface area (Å²) in [5.74, 6) is -1.03. The molecule has 17 heavy (non-hydrogen) atoms. The molecule has 0 bridgehead atoms. The summed E-state index contributed by atoms with van der Waals surface area (Å²) in [6.45, 7) is 0.0687. The third kappa shape index (κ3) is 2.65. The van der Waals surface area contributed by atoms with Gasteiger partial charge < -0.3 is 4.57 Å². The minimum atomic E-state index is -0.516. The highest BCUT2D eigenvalue weighted by atomic mass is 32.1. The maximum Gasteiger partial charge on any atom is 0.251 e. The quantitative estimate of drug-likeness (QED) is 0.834. The summed E-state index contributed by atoms with van der Waals surface area (Å²) in [7, 11) is 0. The molecule has 2 aromatic rings. The van der Waals surface area contributed by atoms with E-state index in [-0.39, 0.29) is 22.4 Å². The van der Waals surface area contributed by atoms with Gasteiger partial charge in [0.1, 0.15) is 11.6 Å². The second-order valence-electron chi connectivity index (χ2n) is 3.47. The molecular weight excluding hydrogens is 246 g/mol. The highest BCUT2D eigenvalue weighted by Crippen LogP contribution is 2.11. The van der Waals surface area contributed by atoms with Crippen molar-refractivity contribution in [2.75, 3.05) is 0 Å². The van der Waals surface area contributed by atoms with Crippen LogP contribution in [0.15, 0.2) is 35.3 Å². The summed E-state index contributed by atoms with van der Waals surface area (Å²) in [5, 5.41) is 0. The molecule has 88 valence electrons. The van der Waals surface area contributed by atoms with Gasteiger partial charge in [0.25, 0.3) is 5.56 Å². The molecule has 1 heterocycles. The molecule has 0 unspecified atom stereocenters. The fraction of sp³-hybridized carbons (Fsp3) is 0.0909. The van der Waals surface area contributed by atoms with Gasteiger partial charge in [0.05, 0.1) is 6.54 Å².